The quantitative estimate of drug-likeness (QED) is 0.101. The van der Waals surface area contributed by atoms with E-state index >= 15 is 0 Å². The minimum Gasteiger partial charge on any atom is -0.334 e. The Morgan fingerprint density at radius 3 is 0.868 bits per heavy atom. The lowest BCUT2D eigenvalue weighted by Gasteiger charge is -2.33. The van der Waals surface area contributed by atoms with Crippen molar-refractivity contribution in [2.45, 2.75) is 25.3 Å². The van der Waals surface area contributed by atoms with Crippen LogP contribution in [0.25, 0.3) is 33.4 Å². The molecule has 366 valence electrons. The summed E-state index contributed by atoms with van der Waals surface area (Å²) >= 11 is 0. The first-order valence-corrected chi connectivity index (χ1v) is 26.4. The number of benzene rings is 10. The first-order valence-electron chi connectivity index (χ1n) is 26.4. The van der Waals surface area contributed by atoms with Gasteiger partial charge in [-0.1, -0.05) is 182 Å². The Morgan fingerprint density at radius 1 is 0.263 bits per heavy atom. The molecule has 0 saturated heterocycles. The molecule has 4 heteroatoms. The third-order valence-electron chi connectivity index (χ3n) is 14.4. The summed E-state index contributed by atoms with van der Waals surface area (Å²) in [5.74, 6) is 0. The average molecular weight is 979 g/mol. The van der Waals surface area contributed by atoms with Crippen LogP contribution < -0.4 is 19.6 Å². The van der Waals surface area contributed by atoms with Gasteiger partial charge in [0, 0.05) is 62.6 Å². The van der Waals surface area contributed by atoms with E-state index < -0.39 is 0 Å². The Bertz CT molecular complexity index is 3570. The van der Waals surface area contributed by atoms with Gasteiger partial charge in [0.05, 0.1) is 6.04 Å². The smallest absolute Gasteiger partial charge is 0.0559 e. The molecule has 1 atom stereocenters. The zero-order valence-electron chi connectivity index (χ0n) is 42.4. The lowest BCUT2D eigenvalue weighted by atomic mass is 10.0. The van der Waals surface area contributed by atoms with E-state index in [1.807, 2.05) is 0 Å². The van der Waals surface area contributed by atoms with Crippen LogP contribution in [0, 0.1) is 0 Å². The van der Waals surface area contributed by atoms with Crippen LogP contribution in [0.15, 0.2) is 315 Å². The molecule has 0 aliphatic heterocycles. The molecule has 0 aromatic heterocycles. The normalized spacial score (nSPS) is 13.7. The third kappa shape index (κ3) is 10.3. The standard InChI is InChI=1S/C72H58N4/c1-7-19-61(20-8-1)73(62-21-9-2-10-22-62)67-43-31-55(32-44-67)57-35-47-69(48-36-57)75(65-27-15-5-16-28-65)71-51-39-59(40-52-71)60-41-53-72(54-42-60)76(66-29-17-6-18-30-66)70-49-37-58(38-50-70)56-33-45-68(46-34-56)74(63-23-11-3-12-24-63)64-25-13-4-14-26-64/h1-3,5-13,15-29,31-54,66H,4,14,30H2. The van der Waals surface area contributed by atoms with E-state index in [-0.39, 0.29) is 6.04 Å². The van der Waals surface area contributed by atoms with Gasteiger partial charge >= 0.3 is 0 Å². The summed E-state index contributed by atoms with van der Waals surface area (Å²) in [5, 5.41) is 0. The van der Waals surface area contributed by atoms with Gasteiger partial charge in [0.1, 0.15) is 0 Å². The molecule has 0 N–H and O–H groups in total. The second-order valence-corrected chi connectivity index (χ2v) is 19.2. The van der Waals surface area contributed by atoms with Crippen LogP contribution in [0.3, 0.4) is 0 Å². The predicted octanol–water partition coefficient (Wildman–Crippen LogP) is 20.0. The van der Waals surface area contributed by atoms with Crippen molar-refractivity contribution in [3.05, 3.63) is 315 Å². The Hall–Kier alpha value is -9.64. The first kappa shape index (κ1) is 47.4. The summed E-state index contributed by atoms with van der Waals surface area (Å²) in [6.07, 6.45) is 18.8. The number of hydrogen-bond acceptors (Lipinski definition) is 4. The zero-order chi connectivity index (χ0) is 50.9. The number of rotatable bonds is 15. The number of para-hydroxylation sites is 4. The van der Waals surface area contributed by atoms with E-state index in [1.165, 1.54) is 33.5 Å². The molecular formula is C72H58N4. The summed E-state index contributed by atoms with van der Waals surface area (Å²) in [7, 11) is 0. The fourth-order valence-electron chi connectivity index (χ4n) is 10.5. The molecule has 0 radical (unpaired) electrons. The molecule has 0 saturated carbocycles. The van der Waals surface area contributed by atoms with Crippen LogP contribution in [0.1, 0.15) is 19.3 Å². The second kappa shape index (κ2) is 22.2. The van der Waals surface area contributed by atoms with Crippen LogP contribution in [0.5, 0.6) is 0 Å². The Labute approximate surface area is 448 Å². The number of anilines is 10. The molecule has 10 aromatic carbocycles. The Morgan fingerprint density at radius 2 is 0.566 bits per heavy atom. The van der Waals surface area contributed by atoms with E-state index in [0.29, 0.717) is 0 Å². The summed E-state index contributed by atoms with van der Waals surface area (Å²) in [4.78, 5) is 9.43. The van der Waals surface area contributed by atoms with Crippen LogP contribution in [0.2, 0.25) is 0 Å². The highest BCUT2D eigenvalue weighted by Gasteiger charge is 2.21. The van der Waals surface area contributed by atoms with Crippen molar-refractivity contribution in [1.82, 2.24) is 0 Å². The zero-order valence-corrected chi connectivity index (χ0v) is 42.4. The highest BCUT2D eigenvalue weighted by molar-refractivity contribution is 5.83. The minimum absolute atomic E-state index is 0.196. The first-order chi connectivity index (χ1) is 37.7. The van der Waals surface area contributed by atoms with E-state index in [1.54, 1.807) is 0 Å². The largest absolute Gasteiger partial charge is 0.334 e. The predicted molar refractivity (Wildman–Crippen MR) is 322 cm³/mol. The average Bonchev–Trinajstić information content (AvgIpc) is 3.51. The maximum absolute atomic E-state index is 2.46. The molecule has 0 fully saturated rings. The molecule has 0 spiro atoms. The summed E-state index contributed by atoms with van der Waals surface area (Å²) in [6, 6.07) is 96.4. The van der Waals surface area contributed by atoms with E-state index in [2.05, 4.69) is 329 Å². The molecule has 0 bridgehead atoms. The lowest BCUT2D eigenvalue weighted by molar-refractivity contribution is 0.785. The number of allylic oxidation sites excluding steroid dienone is 5. The lowest BCUT2D eigenvalue weighted by Crippen LogP contribution is -2.29. The number of nitrogens with zero attached hydrogens (tertiary/aromatic N) is 4. The van der Waals surface area contributed by atoms with Gasteiger partial charge in [0.15, 0.2) is 0 Å². The third-order valence-corrected chi connectivity index (χ3v) is 14.4. The maximum Gasteiger partial charge on any atom is 0.0559 e. The Balaban J connectivity index is 0.767. The van der Waals surface area contributed by atoms with Gasteiger partial charge in [0.25, 0.3) is 0 Å². The maximum atomic E-state index is 2.46. The van der Waals surface area contributed by atoms with E-state index in [4.69, 9.17) is 0 Å². The van der Waals surface area contributed by atoms with Crippen LogP contribution in [0.4, 0.5) is 56.9 Å². The Kier molecular flexibility index (Phi) is 13.9. The topological polar surface area (TPSA) is 13.0 Å². The van der Waals surface area contributed by atoms with Crippen LogP contribution in [-0.4, -0.2) is 6.04 Å². The molecule has 12 rings (SSSR count). The molecule has 2 aliphatic carbocycles. The van der Waals surface area contributed by atoms with E-state index in [0.717, 1.165) is 81.7 Å². The van der Waals surface area contributed by atoms with Gasteiger partial charge in [-0.25, -0.2) is 0 Å². The molecule has 1 unspecified atom stereocenters. The van der Waals surface area contributed by atoms with Crippen molar-refractivity contribution >= 4 is 56.9 Å². The van der Waals surface area contributed by atoms with Gasteiger partial charge in [-0.3, -0.25) is 0 Å². The van der Waals surface area contributed by atoms with E-state index in [9.17, 15) is 0 Å². The fraction of sp³-hybridized carbons (Fsp3) is 0.0556. The van der Waals surface area contributed by atoms with Gasteiger partial charge < -0.3 is 19.6 Å². The number of hydrogen-bond donors (Lipinski definition) is 0. The van der Waals surface area contributed by atoms with Gasteiger partial charge in [0.2, 0.25) is 0 Å². The molecule has 0 heterocycles. The van der Waals surface area contributed by atoms with Crippen molar-refractivity contribution in [3.63, 3.8) is 0 Å². The van der Waals surface area contributed by atoms with Crippen LogP contribution in [-0.2, 0) is 0 Å². The second-order valence-electron chi connectivity index (χ2n) is 19.2. The highest BCUT2D eigenvalue weighted by Crippen LogP contribution is 2.41. The fourth-order valence-corrected chi connectivity index (χ4v) is 10.5. The molecular weight excluding hydrogens is 921 g/mol. The molecule has 76 heavy (non-hydrogen) atoms. The van der Waals surface area contributed by atoms with Gasteiger partial charge in [-0.15, -0.1) is 0 Å². The van der Waals surface area contributed by atoms with Crippen molar-refractivity contribution in [2.75, 3.05) is 19.6 Å². The summed E-state index contributed by atoms with van der Waals surface area (Å²) in [6.45, 7) is 0. The molecule has 4 nitrogen and oxygen atoms in total. The van der Waals surface area contributed by atoms with Gasteiger partial charge in [-0.05, 0) is 180 Å². The van der Waals surface area contributed by atoms with Crippen molar-refractivity contribution in [1.29, 1.82) is 0 Å². The molecule has 0 amide bonds. The van der Waals surface area contributed by atoms with Crippen LogP contribution >= 0.6 is 0 Å². The van der Waals surface area contributed by atoms with Crippen molar-refractivity contribution in [3.8, 4) is 33.4 Å². The monoisotopic (exact) mass is 978 g/mol. The minimum atomic E-state index is 0.196. The SMILES string of the molecule is C1=CCC(N(c2ccc(-c3ccc(N(C4=CCCC=C4)c4ccccc4)cc3)cc2)c2ccc(-c3ccc(N(c4ccccc4)c4ccc(-c5ccc(N(c6ccccc6)c6ccccc6)cc5)cc4)cc3)cc2)C=C1. The molecule has 10 aromatic rings. The van der Waals surface area contributed by atoms with Gasteiger partial charge in [-0.2, -0.15) is 0 Å². The summed E-state index contributed by atoms with van der Waals surface area (Å²) < 4.78 is 0. The van der Waals surface area contributed by atoms with Crippen molar-refractivity contribution in [2.24, 2.45) is 0 Å². The van der Waals surface area contributed by atoms with Crippen molar-refractivity contribution < 1.29 is 0 Å². The molecule has 2 aliphatic rings. The summed E-state index contributed by atoms with van der Waals surface area (Å²) in [5.41, 5.74) is 19.6. The highest BCUT2D eigenvalue weighted by atomic mass is 15.2.